The summed E-state index contributed by atoms with van der Waals surface area (Å²) in [6, 6.07) is 7.79. The number of rotatable bonds is 3. The van der Waals surface area contributed by atoms with Crippen molar-refractivity contribution >= 4 is 5.82 Å². The van der Waals surface area contributed by atoms with E-state index in [0.29, 0.717) is 0 Å². The molecule has 2 rings (SSSR count). The van der Waals surface area contributed by atoms with E-state index < -0.39 is 0 Å². The van der Waals surface area contributed by atoms with Crippen molar-refractivity contribution in [3.63, 3.8) is 0 Å². The van der Waals surface area contributed by atoms with Crippen molar-refractivity contribution in [2.75, 3.05) is 26.1 Å². The molecular formula is C13H15N3O. The van der Waals surface area contributed by atoms with Gasteiger partial charge in [0.05, 0.1) is 25.2 Å². The molecule has 0 aliphatic rings. The Hall–Kier alpha value is -2.10. The number of anilines is 1. The second kappa shape index (κ2) is 4.82. The molecule has 0 aliphatic heterocycles. The van der Waals surface area contributed by atoms with Gasteiger partial charge in [-0.25, -0.2) is 4.98 Å². The van der Waals surface area contributed by atoms with E-state index in [1.807, 2.05) is 43.3 Å². The molecule has 0 bridgehead atoms. The zero-order valence-corrected chi connectivity index (χ0v) is 10.2. The Balaban J connectivity index is 2.41. The lowest BCUT2D eigenvalue weighted by Gasteiger charge is -2.11. The summed E-state index contributed by atoms with van der Waals surface area (Å²) in [6.07, 6.45) is 3.49. The fourth-order valence-electron chi connectivity index (χ4n) is 1.49. The van der Waals surface area contributed by atoms with Crippen LogP contribution in [0.4, 0.5) is 5.82 Å². The third-order valence-corrected chi connectivity index (χ3v) is 2.45. The van der Waals surface area contributed by atoms with Crippen LogP contribution < -0.4 is 9.64 Å². The van der Waals surface area contributed by atoms with Gasteiger partial charge in [0.1, 0.15) is 11.6 Å². The third kappa shape index (κ3) is 2.53. The van der Waals surface area contributed by atoms with Crippen LogP contribution in [-0.2, 0) is 0 Å². The van der Waals surface area contributed by atoms with Crippen molar-refractivity contribution in [2.24, 2.45) is 0 Å². The molecular weight excluding hydrogens is 214 g/mol. The minimum absolute atomic E-state index is 0.819. The van der Waals surface area contributed by atoms with E-state index in [-0.39, 0.29) is 0 Å². The lowest BCUT2D eigenvalue weighted by atomic mass is 10.1. The summed E-state index contributed by atoms with van der Waals surface area (Å²) in [6.45, 7) is 0. The molecule has 0 unspecified atom stereocenters. The zero-order valence-electron chi connectivity index (χ0n) is 10.2. The Kier molecular flexibility index (Phi) is 3.23. The molecule has 0 N–H and O–H groups in total. The van der Waals surface area contributed by atoms with Crippen LogP contribution in [0.3, 0.4) is 0 Å². The van der Waals surface area contributed by atoms with E-state index in [2.05, 4.69) is 9.97 Å². The van der Waals surface area contributed by atoms with Gasteiger partial charge >= 0.3 is 0 Å². The lowest BCUT2D eigenvalue weighted by molar-refractivity contribution is 0.415. The molecule has 0 atom stereocenters. The maximum Gasteiger partial charge on any atom is 0.147 e. The lowest BCUT2D eigenvalue weighted by Crippen LogP contribution is -2.11. The van der Waals surface area contributed by atoms with Crippen molar-refractivity contribution in [2.45, 2.75) is 0 Å². The molecule has 4 nitrogen and oxygen atoms in total. The third-order valence-electron chi connectivity index (χ3n) is 2.45. The van der Waals surface area contributed by atoms with Gasteiger partial charge in [0, 0.05) is 19.7 Å². The second-order valence-electron chi connectivity index (χ2n) is 3.89. The standard InChI is InChI=1S/C13H15N3O/c1-16(2)13-9-14-8-12(15-13)10-5-4-6-11(7-10)17-3/h4-9H,1-3H3. The monoisotopic (exact) mass is 229 g/mol. The summed E-state index contributed by atoms with van der Waals surface area (Å²) < 4.78 is 5.20. The van der Waals surface area contributed by atoms with Gasteiger partial charge in [-0.05, 0) is 12.1 Å². The second-order valence-corrected chi connectivity index (χ2v) is 3.89. The predicted octanol–water partition coefficient (Wildman–Crippen LogP) is 2.22. The van der Waals surface area contributed by atoms with Crippen LogP contribution in [0.25, 0.3) is 11.3 Å². The average molecular weight is 229 g/mol. The molecule has 1 heterocycles. The minimum atomic E-state index is 0.819. The number of methoxy groups -OCH3 is 1. The summed E-state index contributed by atoms with van der Waals surface area (Å²) in [5, 5.41) is 0. The number of nitrogens with zero attached hydrogens (tertiary/aromatic N) is 3. The van der Waals surface area contributed by atoms with Gasteiger partial charge < -0.3 is 9.64 Å². The molecule has 0 spiro atoms. The minimum Gasteiger partial charge on any atom is -0.497 e. The van der Waals surface area contributed by atoms with Crippen molar-refractivity contribution in [3.8, 4) is 17.0 Å². The van der Waals surface area contributed by atoms with Crippen LogP contribution in [-0.4, -0.2) is 31.2 Å². The Labute approximate surface area is 101 Å². The molecule has 88 valence electrons. The predicted molar refractivity (Wildman–Crippen MR) is 68.3 cm³/mol. The van der Waals surface area contributed by atoms with E-state index in [1.165, 1.54) is 0 Å². The first-order valence-corrected chi connectivity index (χ1v) is 5.34. The number of benzene rings is 1. The summed E-state index contributed by atoms with van der Waals surface area (Å²) in [7, 11) is 5.54. The number of hydrogen-bond acceptors (Lipinski definition) is 4. The van der Waals surface area contributed by atoms with Crippen molar-refractivity contribution in [1.29, 1.82) is 0 Å². The first-order valence-electron chi connectivity index (χ1n) is 5.34. The molecule has 1 aromatic heterocycles. The summed E-state index contributed by atoms with van der Waals surface area (Å²) in [5.74, 6) is 1.66. The maximum absolute atomic E-state index is 5.20. The first-order chi connectivity index (χ1) is 8.20. The highest BCUT2D eigenvalue weighted by Crippen LogP contribution is 2.22. The van der Waals surface area contributed by atoms with Crippen LogP contribution in [0.1, 0.15) is 0 Å². The fraction of sp³-hybridized carbons (Fsp3) is 0.231. The normalized spacial score (nSPS) is 10.1. The highest BCUT2D eigenvalue weighted by Gasteiger charge is 2.04. The number of aromatic nitrogens is 2. The number of hydrogen-bond donors (Lipinski definition) is 0. The Morgan fingerprint density at radius 3 is 2.71 bits per heavy atom. The van der Waals surface area contributed by atoms with Gasteiger partial charge in [-0.1, -0.05) is 12.1 Å². The highest BCUT2D eigenvalue weighted by atomic mass is 16.5. The van der Waals surface area contributed by atoms with E-state index in [4.69, 9.17) is 4.74 Å². The van der Waals surface area contributed by atoms with E-state index in [1.54, 1.807) is 19.5 Å². The number of ether oxygens (including phenoxy) is 1. The maximum atomic E-state index is 5.20. The van der Waals surface area contributed by atoms with Crippen LogP contribution in [0.5, 0.6) is 5.75 Å². The molecule has 0 amide bonds. The van der Waals surface area contributed by atoms with Crippen LogP contribution in [0.15, 0.2) is 36.7 Å². The molecule has 0 aliphatic carbocycles. The Bertz CT molecular complexity index is 512. The van der Waals surface area contributed by atoms with Gasteiger partial charge in [0.2, 0.25) is 0 Å². The van der Waals surface area contributed by atoms with Crippen molar-refractivity contribution in [1.82, 2.24) is 9.97 Å². The molecule has 0 radical (unpaired) electrons. The van der Waals surface area contributed by atoms with Crippen LogP contribution in [0, 0.1) is 0 Å². The van der Waals surface area contributed by atoms with Gasteiger partial charge in [0.25, 0.3) is 0 Å². The van der Waals surface area contributed by atoms with Gasteiger partial charge in [-0.3, -0.25) is 4.98 Å². The van der Waals surface area contributed by atoms with E-state index in [9.17, 15) is 0 Å². The fourth-order valence-corrected chi connectivity index (χ4v) is 1.49. The molecule has 17 heavy (non-hydrogen) atoms. The SMILES string of the molecule is COc1cccc(-c2cncc(N(C)C)n2)c1. The molecule has 4 heteroatoms. The smallest absolute Gasteiger partial charge is 0.147 e. The van der Waals surface area contributed by atoms with Gasteiger partial charge in [-0.15, -0.1) is 0 Å². The van der Waals surface area contributed by atoms with Crippen LogP contribution in [0.2, 0.25) is 0 Å². The van der Waals surface area contributed by atoms with Gasteiger partial charge in [-0.2, -0.15) is 0 Å². The Morgan fingerprint density at radius 2 is 2.00 bits per heavy atom. The van der Waals surface area contributed by atoms with Crippen molar-refractivity contribution < 1.29 is 4.74 Å². The van der Waals surface area contributed by atoms with E-state index >= 15 is 0 Å². The highest BCUT2D eigenvalue weighted by molar-refractivity contribution is 5.61. The van der Waals surface area contributed by atoms with E-state index in [0.717, 1.165) is 22.8 Å². The zero-order chi connectivity index (χ0) is 12.3. The topological polar surface area (TPSA) is 38.2 Å². The Morgan fingerprint density at radius 1 is 1.18 bits per heavy atom. The summed E-state index contributed by atoms with van der Waals surface area (Å²) in [4.78, 5) is 10.6. The molecule has 1 aromatic carbocycles. The summed E-state index contributed by atoms with van der Waals surface area (Å²) >= 11 is 0. The molecule has 0 fully saturated rings. The van der Waals surface area contributed by atoms with Crippen molar-refractivity contribution in [3.05, 3.63) is 36.7 Å². The summed E-state index contributed by atoms with van der Waals surface area (Å²) in [5.41, 5.74) is 1.84. The van der Waals surface area contributed by atoms with Gasteiger partial charge in [0.15, 0.2) is 0 Å². The largest absolute Gasteiger partial charge is 0.497 e. The molecule has 0 saturated heterocycles. The average Bonchev–Trinajstić information content (AvgIpc) is 2.39. The first kappa shape index (κ1) is 11.4. The van der Waals surface area contributed by atoms with Crippen LogP contribution >= 0.6 is 0 Å². The quantitative estimate of drug-likeness (QED) is 0.809. The molecule has 0 saturated carbocycles. The molecule has 2 aromatic rings.